The second kappa shape index (κ2) is 5.01. The van der Waals surface area contributed by atoms with Crippen molar-refractivity contribution in [1.29, 1.82) is 0 Å². The van der Waals surface area contributed by atoms with Gasteiger partial charge in [0.25, 0.3) is 0 Å². The number of halogens is 1. The molecule has 0 amide bonds. The van der Waals surface area contributed by atoms with E-state index in [1.807, 2.05) is 0 Å². The van der Waals surface area contributed by atoms with Crippen LogP contribution in [0.2, 0.25) is 0 Å². The van der Waals surface area contributed by atoms with Crippen molar-refractivity contribution in [3.05, 3.63) is 35.6 Å². The van der Waals surface area contributed by atoms with Crippen LogP contribution in [0.5, 0.6) is 0 Å². The van der Waals surface area contributed by atoms with E-state index in [0.29, 0.717) is 0 Å². The molecule has 6 heteroatoms. The van der Waals surface area contributed by atoms with Gasteiger partial charge in [-0.15, -0.1) is 0 Å². The predicted octanol–water partition coefficient (Wildman–Crippen LogP) is 1.69. The third-order valence-corrected chi connectivity index (χ3v) is 1.89. The van der Waals surface area contributed by atoms with E-state index in [0.717, 1.165) is 6.07 Å². The van der Waals surface area contributed by atoms with Crippen LogP contribution in [0.4, 0.5) is 4.39 Å². The Labute approximate surface area is 90.5 Å². The van der Waals surface area contributed by atoms with E-state index in [2.05, 4.69) is 10.3 Å². The number of ketones is 1. The number of rotatable bonds is 3. The Kier molecular flexibility index (Phi) is 3.71. The van der Waals surface area contributed by atoms with Gasteiger partial charge in [0.1, 0.15) is 11.5 Å². The van der Waals surface area contributed by atoms with Gasteiger partial charge in [0.05, 0.1) is 0 Å². The number of carbonyl (C=O) groups is 1. The summed E-state index contributed by atoms with van der Waals surface area (Å²) in [4.78, 5) is 11.7. The normalized spacial score (nSPS) is 12.6. The minimum atomic E-state index is -0.725. The van der Waals surface area contributed by atoms with Gasteiger partial charge >= 0.3 is 0 Å². The number of nitrogens with zero attached hydrogens (tertiary/aromatic N) is 2. The van der Waals surface area contributed by atoms with E-state index in [4.69, 9.17) is 10.4 Å². The van der Waals surface area contributed by atoms with Crippen LogP contribution in [0.25, 0.3) is 0 Å². The molecule has 0 aromatic heterocycles. The topological polar surface area (TPSA) is 82.2 Å². The van der Waals surface area contributed by atoms with Gasteiger partial charge in [0.2, 0.25) is 5.78 Å². The first-order chi connectivity index (χ1) is 7.60. The average Bonchev–Trinajstić information content (AvgIpc) is 2.29. The molecular formula is C10H9FN2O3. The maximum absolute atomic E-state index is 12.8. The molecule has 0 radical (unpaired) electrons. The van der Waals surface area contributed by atoms with E-state index < -0.39 is 17.3 Å². The molecule has 0 bridgehead atoms. The Morgan fingerprint density at radius 1 is 1.31 bits per heavy atom. The van der Waals surface area contributed by atoms with Crippen LogP contribution < -0.4 is 0 Å². The molecule has 0 unspecified atom stereocenters. The van der Waals surface area contributed by atoms with Gasteiger partial charge in [-0.05, 0) is 19.1 Å². The number of oxime groups is 2. The fraction of sp³-hybridized carbons (Fsp3) is 0.100. The summed E-state index contributed by atoms with van der Waals surface area (Å²) in [6.07, 6.45) is 0. The fourth-order valence-corrected chi connectivity index (χ4v) is 1.10. The zero-order valence-corrected chi connectivity index (χ0v) is 8.38. The number of Topliss-reactive ketones (excluding diaryl/α,β-unsaturated/α-hetero) is 1. The maximum Gasteiger partial charge on any atom is 0.216 e. The third kappa shape index (κ3) is 2.41. The van der Waals surface area contributed by atoms with Crippen molar-refractivity contribution in [2.75, 3.05) is 0 Å². The first-order valence-electron chi connectivity index (χ1n) is 4.31. The molecule has 0 saturated heterocycles. The van der Waals surface area contributed by atoms with E-state index in [9.17, 15) is 9.18 Å². The molecule has 84 valence electrons. The molecule has 5 nitrogen and oxygen atoms in total. The highest BCUT2D eigenvalue weighted by Crippen LogP contribution is 2.06. The van der Waals surface area contributed by atoms with E-state index >= 15 is 0 Å². The average molecular weight is 224 g/mol. The lowest BCUT2D eigenvalue weighted by atomic mass is 10.0. The first kappa shape index (κ1) is 11.8. The van der Waals surface area contributed by atoms with Gasteiger partial charge in [0.15, 0.2) is 5.71 Å². The molecule has 0 aliphatic heterocycles. The van der Waals surface area contributed by atoms with Gasteiger partial charge < -0.3 is 10.4 Å². The Balaban J connectivity index is 3.11. The summed E-state index contributed by atoms with van der Waals surface area (Å²) in [5, 5.41) is 22.5. The molecule has 2 N–H and O–H groups in total. The summed E-state index contributed by atoms with van der Waals surface area (Å²) < 4.78 is 12.8. The second-order valence-electron chi connectivity index (χ2n) is 2.97. The summed E-state index contributed by atoms with van der Waals surface area (Å²) in [6.45, 7) is 1.28. The second-order valence-corrected chi connectivity index (χ2v) is 2.97. The molecule has 0 aliphatic rings. The lowest BCUT2D eigenvalue weighted by molar-refractivity contribution is 0.106. The van der Waals surface area contributed by atoms with Gasteiger partial charge in [-0.3, -0.25) is 4.79 Å². The Morgan fingerprint density at radius 2 is 2.00 bits per heavy atom. The first-order valence-corrected chi connectivity index (χ1v) is 4.31. The highest BCUT2D eigenvalue weighted by molar-refractivity contribution is 6.69. The van der Waals surface area contributed by atoms with Crippen molar-refractivity contribution in [2.24, 2.45) is 10.3 Å². The third-order valence-electron chi connectivity index (χ3n) is 1.89. The number of benzene rings is 1. The summed E-state index contributed by atoms with van der Waals surface area (Å²) in [5.41, 5.74) is -0.583. The van der Waals surface area contributed by atoms with Crippen molar-refractivity contribution in [3.8, 4) is 0 Å². The summed E-state index contributed by atoms with van der Waals surface area (Å²) in [6, 6.07) is 4.89. The quantitative estimate of drug-likeness (QED) is 0.354. The van der Waals surface area contributed by atoms with E-state index in [-0.39, 0.29) is 11.3 Å². The zero-order valence-electron chi connectivity index (χ0n) is 8.38. The summed E-state index contributed by atoms with van der Waals surface area (Å²) in [7, 11) is 0. The van der Waals surface area contributed by atoms with Gasteiger partial charge in [-0.1, -0.05) is 22.4 Å². The van der Waals surface area contributed by atoms with Crippen LogP contribution >= 0.6 is 0 Å². The van der Waals surface area contributed by atoms with Gasteiger partial charge in [0, 0.05) is 5.56 Å². The van der Waals surface area contributed by atoms with Crippen LogP contribution in [0, 0.1) is 5.82 Å². The largest absolute Gasteiger partial charge is 0.411 e. The molecule has 16 heavy (non-hydrogen) atoms. The van der Waals surface area contributed by atoms with Crippen LogP contribution in [-0.2, 0) is 0 Å². The van der Waals surface area contributed by atoms with Crippen molar-refractivity contribution in [1.82, 2.24) is 0 Å². The molecule has 0 heterocycles. The minimum absolute atomic E-state index is 0.0100. The van der Waals surface area contributed by atoms with Crippen LogP contribution in [-0.4, -0.2) is 27.6 Å². The Bertz CT molecular complexity index is 469. The molecule has 1 aromatic rings. The smallest absolute Gasteiger partial charge is 0.216 e. The lowest BCUT2D eigenvalue weighted by Gasteiger charge is -2.01. The van der Waals surface area contributed by atoms with Crippen LogP contribution in [0.3, 0.4) is 0 Å². The molecule has 1 aromatic carbocycles. The molecule has 0 saturated carbocycles. The Hall–Kier alpha value is -2.24. The van der Waals surface area contributed by atoms with Crippen LogP contribution in [0.1, 0.15) is 17.3 Å². The maximum atomic E-state index is 12.8. The van der Waals surface area contributed by atoms with Crippen molar-refractivity contribution < 1.29 is 19.6 Å². The molecule has 0 aliphatic carbocycles. The molecule has 0 spiro atoms. The highest BCUT2D eigenvalue weighted by Gasteiger charge is 2.18. The molecule has 1 rings (SSSR count). The number of hydrogen-bond acceptors (Lipinski definition) is 5. The Morgan fingerprint density at radius 3 is 2.50 bits per heavy atom. The molecular weight excluding hydrogens is 215 g/mol. The fourth-order valence-electron chi connectivity index (χ4n) is 1.10. The summed E-state index contributed by atoms with van der Waals surface area (Å²) in [5.74, 6) is -1.31. The van der Waals surface area contributed by atoms with E-state index in [1.165, 1.54) is 25.1 Å². The highest BCUT2D eigenvalue weighted by atomic mass is 19.1. The monoisotopic (exact) mass is 224 g/mol. The molecule has 0 atom stereocenters. The zero-order chi connectivity index (χ0) is 12.1. The lowest BCUT2D eigenvalue weighted by Crippen LogP contribution is -2.22. The van der Waals surface area contributed by atoms with Gasteiger partial charge in [-0.25, -0.2) is 4.39 Å². The minimum Gasteiger partial charge on any atom is -0.411 e. The number of hydrogen-bond donors (Lipinski definition) is 2. The van der Waals surface area contributed by atoms with Crippen molar-refractivity contribution >= 4 is 17.2 Å². The van der Waals surface area contributed by atoms with Gasteiger partial charge in [-0.2, -0.15) is 0 Å². The SMILES string of the molecule is CC(=N\O)/C(=N/O)C(=O)c1cccc(F)c1. The van der Waals surface area contributed by atoms with Crippen molar-refractivity contribution in [2.45, 2.75) is 6.92 Å². The van der Waals surface area contributed by atoms with E-state index in [1.54, 1.807) is 0 Å². The van der Waals surface area contributed by atoms with Crippen LogP contribution in [0.15, 0.2) is 34.6 Å². The molecule has 0 fully saturated rings. The standard InChI is InChI=1S/C10H9FN2O3/c1-6(12-15)9(13-16)10(14)7-3-2-4-8(11)5-7/h2-5,15-16H,1H3/b12-6+,13-9-. The number of carbonyl (C=O) groups excluding carboxylic acids is 1. The van der Waals surface area contributed by atoms with Crippen molar-refractivity contribution in [3.63, 3.8) is 0 Å². The predicted molar refractivity (Wildman–Crippen MR) is 54.8 cm³/mol. The summed E-state index contributed by atoms with van der Waals surface area (Å²) >= 11 is 0.